The van der Waals surface area contributed by atoms with Crippen LogP contribution in [-0.4, -0.2) is 26.9 Å². The fourth-order valence-corrected chi connectivity index (χ4v) is 1.55. The first-order chi connectivity index (χ1) is 8.02. The first-order valence-corrected chi connectivity index (χ1v) is 5.64. The fraction of sp³-hybridized carbons (Fsp3) is 0.500. The fourth-order valence-electron chi connectivity index (χ4n) is 1.55. The second-order valence-electron chi connectivity index (χ2n) is 4.41. The lowest BCUT2D eigenvalue weighted by molar-refractivity contribution is -0.140. The van der Waals surface area contributed by atoms with E-state index in [2.05, 4.69) is 17.0 Å². The van der Waals surface area contributed by atoms with Gasteiger partial charge in [0.2, 0.25) is 0 Å². The molecule has 0 aliphatic rings. The van der Waals surface area contributed by atoms with Gasteiger partial charge in [0.1, 0.15) is 6.04 Å². The van der Waals surface area contributed by atoms with Crippen LogP contribution >= 0.6 is 0 Å². The van der Waals surface area contributed by atoms with Crippen LogP contribution in [0.15, 0.2) is 19.0 Å². The monoisotopic (exact) mass is 237 g/mol. The molecule has 0 aliphatic carbocycles. The van der Waals surface area contributed by atoms with Crippen LogP contribution < -0.4 is 5.32 Å². The molecular weight excluding hydrogens is 218 g/mol. The summed E-state index contributed by atoms with van der Waals surface area (Å²) in [5.41, 5.74) is 0.944. The van der Waals surface area contributed by atoms with Gasteiger partial charge in [0, 0.05) is 24.5 Å². The van der Waals surface area contributed by atoms with E-state index in [-0.39, 0.29) is 0 Å². The lowest BCUT2D eigenvalue weighted by Gasteiger charge is -2.15. The molecule has 1 aromatic rings. The van der Waals surface area contributed by atoms with E-state index in [0.717, 1.165) is 5.56 Å². The van der Waals surface area contributed by atoms with Crippen molar-refractivity contribution in [2.45, 2.75) is 32.9 Å². The zero-order valence-electron chi connectivity index (χ0n) is 10.3. The average Bonchev–Trinajstić information content (AvgIpc) is 2.71. The highest BCUT2D eigenvalue weighted by Crippen LogP contribution is 2.06. The molecule has 5 nitrogen and oxygen atoms in total. The molecule has 1 atom stereocenters. The maximum absolute atomic E-state index is 11.0. The Morgan fingerprint density at radius 2 is 2.41 bits per heavy atom. The number of nitrogens with zero attached hydrogens (tertiary/aromatic N) is 2. The number of aromatic nitrogens is 2. The molecule has 5 heteroatoms. The van der Waals surface area contributed by atoms with Gasteiger partial charge in [0.15, 0.2) is 0 Å². The highest BCUT2D eigenvalue weighted by atomic mass is 16.4. The molecule has 1 heterocycles. The summed E-state index contributed by atoms with van der Waals surface area (Å²) in [6, 6.07) is -0.512. The van der Waals surface area contributed by atoms with Gasteiger partial charge in [-0.3, -0.25) is 4.79 Å². The van der Waals surface area contributed by atoms with Gasteiger partial charge in [-0.2, -0.15) is 5.10 Å². The summed E-state index contributed by atoms with van der Waals surface area (Å²) in [7, 11) is 0. The van der Waals surface area contributed by atoms with Gasteiger partial charge in [-0.1, -0.05) is 20.4 Å². The molecule has 1 aromatic heterocycles. The lowest BCUT2D eigenvalue weighted by atomic mass is 10.0. The number of rotatable bonds is 7. The summed E-state index contributed by atoms with van der Waals surface area (Å²) in [6.45, 7) is 8.11. The molecule has 0 saturated heterocycles. The number of aliphatic carboxylic acids is 1. The highest BCUT2D eigenvalue weighted by Gasteiger charge is 2.18. The van der Waals surface area contributed by atoms with Crippen molar-refractivity contribution in [1.82, 2.24) is 15.1 Å². The van der Waals surface area contributed by atoms with Crippen molar-refractivity contribution in [2.24, 2.45) is 5.92 Å². The van der Waals surface area contributed by atoms with Crippen LogP contribution in [0.3, 0.4) is 0 Å². The van der Waals surface area contributed by atoms with Crippen molar-refractivity contribution in [2.75, 3.05) is 0 Å². The number of carboxylic acids is 1. The molecule has 0 amide bonds. The van der Waals surface area contributed by atoms with Crippen LogP contribution in [0.5, 0.6) is 0 Å². The van der Waals surface area contributed by atoms with Gasteiger partial charge in [-0.25, -0.2) is 4.68 Å². The van der Waals surface area contributed by atoms with E-state index in [1.165, 1.54) is 0 Å². The van der Waals surface area contributed by atoms with E-state index in [1.807, 2.05) is 20.0 Å². The SMILES string of the molecule is C=Cn1cc(CNC(CC(C)C)C(=O)O)cn1. The van der Waals surface area contributed by atoms with Crippen LogP contribution in [0.25, 0.3) is 6.20 Å². The van der Waals surface area contributed by atoms with Crippen molar-refractivity contribution >= 4 is 12.2 Å². The second kappa shape index (κ2) is 6.20. The Morgan fingerprint density at radius 3 is 2.88 bits per heavy atom. The highest BCUT2D eigenvalue weighted by molar-refractivity contribution is 5.73. The molecule has 0 saturated carbocycles. The molecule has 0 radical (unpaired) electrons. The summed E-state index contributed by atoms with van der Waals surface area (Å²) in [6.07, 6.45) is 5.72. The molecule has 0 bridgehead atoms. The normalized spacial score (nSPS) is 12.6. The predicted octanol–water partition coefficient (Wildman–Crippen LogP) is 1.57. The van der Waals surface area contributed by atoms with Crippen LogP contribution in [0.2, 0.25) is 0 Å². The largest absolute Gasteiger partial charge is 0.480 e. The minimum atomic E-state index is -0.810. The van der Waals surface area contributed by atoms with Crippen molar-refractivity contribution in [3.05, 3.63) is 24.5 Å². The van der Waals surface area contributed by atoms with E-state index in [1.54, 1.807) is 17.1 Å². The third-order valence-electron chi connectivity index (χ3n) is 2.40. The third kappa shape index (κ3) is 4.40. The van der Waals surface area contributed by atoms with Gasteiger partial charge in [0.25, 0.3) is 0 Å². The molecule has 0 aliphatic heterocycles. The lowest BCUT2D eigenvalue weighted by Crippen LogP contribution is -2.37. The number of hydrogen-bond acceptors (Lipinski definition) is 3. The van der Waals surface area contributed by atoms with Crippen LogP contribution in [0.4, 0.5) is 0 Å². The standard InChI is InChI=1S/C12H19N3O2/c1-4-15-8-10(7-14-15)6-13-11(12(16)17)5-9(2)3/h4,7-9,11,13H,1,5-6H2,2-3H3,(H,16,17). The molecule has 94 valence electrons. The average molecular weight is 237 g/mol. The maximum Gasteiger partial charge on any atom is 0.320 e. The summed E-state index contributed by atoms with van der Waals surface area (Å²) in [5, 5.41) is 16.1. The van der Waals surface area contributed by atoms with E-state index < -0.39 is 12.0 Å². The molecule has 0 spiro atoms. The molecule has 0 fully saturated rings. The van der Waals surface area contributed by atoms with E-state index in [9.17, 15) is 4.79 Å². The Morgan fingerprint density at radius 1 is 1.71 bits per heavy atom. The molecule has 17 heavy (non-hydrogen) atoms. The summed E-state index contributed by atoms with van der Waals surface area (Å²) in [5.74, 6) is -0.464. The van der Waals surface area contributed by atoms with Crippen LogP contribution in [0, 0.1) is 5.92 Å². The summed E-state index contributed by atoms with van der Waals surface area (Å²) < 4.78 is 1.59. The Bertz CT molecular complexity index is 385. The van der Waals surface area contributed by atoms with Crippen molar-refractivity contribution in [3.8, 4) is 0 Å². The van der Waals surface area contributed by atoms with E-state index >= 15 is 0 Å². The Labute approximate surface area is 101 Å². The number of hydrogen-bond donors (Lipinski definition) is 2. The smallest absolute Gasteiger partial charge is 0.320 e. The summed E-state index contributed by atoms with van der Waals surface area (Å²) >= 11 is 0. The Hall–Kier alpha value is -1.62. The Balaban J connectivity index is 2.51. The molecule has 2 N–H and O–H groups in total. The van der Waals surface area contributed by atoms with Crippen molar-refractivity contribution in [1.29, 1.82) is 0 Å². The summed E-state index contributed by atoms with van der Waals surface area (Å²) in [4.78, 5) is 11.0. The van der Waals surface area contributed by atoms with Gasteiger partial charge in [-0.05, 0) is 12.3 Å². The molecular formula is C12H19N3O2. The molecule has 1 unspecified atom stereocenters. The minimum absolute atomic E-state index is 0.347. The molecule has 0 aromatic carbocycles. The van der Waals surface area contributed by atoms with Gasteiger partial charge >= 0.3 is 5.97 Å². The number of nitrogens with one attached hydrogen (secondary N) is 1. The van der Waals surface area contributed by atoms with E-state index in [4.69, 9.17) is 5.11 Å². The zero-order valence-corrected chi connectivity index (χ0v) is 10.3. The van der Waals surface area contributed by atoms with Gasteiger partial charge in [0.05, 0.1) is 6.20 Å². The van der Waals surface area contributed by atoms with Crippen molar-refractivity contribution in [3.63, 3.8) is 0 Å². The second-order valence-corrected chi connectivity index (χ2v) is 4.41. The first kappa shape index (κ1) is 13.4. The topological polar surface area (TPSA) is 67.2 Å². The van der Waals surface area contributed by atoms with E-state index in [0.29, 0.717) is 18.9 Å². The first-order valence-electron chi connectivity index (χ1n) is 5.64. The van der Waals surface area contributed by atoms with Crippen LogP contribution in [-0.2, 0) is 11.3 Å². The van der Waals surface area contributed by atoms with Crippen molar-refractivity contribution < 1.29 is 9.90 Å². The minimum Gasteiger partial charge on any atom is -0.480 e. The van der Waals surface area contributed by atoms with Gasteiger partial charge in [-0.15, -0.1) is 0 Å². The van der Waals surface area contributed by atoms with Crippen LogP contribution in [0.1, 0.15) is 25.8 Å². The van der Waals surface area contributed by atoms with Gasteiger partial charge < -0.3 is 10.4 Å². The number of carbonyl (C=O) groups is 1. The Kier molecular flexibility index (Phi) is 4.90. The number of carboxylic acid groups (broad SMARTS) is 1. The zero-order chi connectivity index (χ0) is 12.8. The molecule has 1 rings (SSSR count). The predicted molar refractivity (Wildman–Crippen MR) is 66.3 cm³/mol. The third-order valence-corrected chi connectivity index (χ3v) is 2.40. The maximum atomic E-state index is 11.0. The quantitative estimate of drug-likeness (QED) is 0.755.